The molecule has 0 aliphatic rings. The van der Waals surface area contributed by atoms with E-state index in [4.69, 9.17) is 16.2 Å². The van der Waals surface area contributed by atoms with Crippen LogP contribution in [0.15, 0.2) is 71.6 Å². The van der Waals surface area contributed by atoms with E-state index in [0.717, 1.165) is 23.0 Å². The lowest BCUT2D eigenvalue weighted by molar-refractivity contribution is 0.0696. The second-order valence-corrected chi connectivity index (χ2v) is 9.20. The van der Waals surface area contributed by atoms with E-state index in [1.807, 2.05) is 23.7 Å². The largest absolute Gasteiger partial charge is 0.478 e. The van der Waals surface area contributed by atoms with Gasteiger partial charge in [0.25, 0.3) is 10.0 Å². The maximum Gasteiger partial charge on any atom is 0.335 e. The van der Waals surface area contributed by atoms with Gasteiger partial charge in [-0.25, -0.2) is 18.2 Å². The Morgan fingerprint density at radius 3 is 2.44 bits per heavy atom. The van der Waals surface area contributed by atoms with Gasteiger partial charge in [0.1, 0.15) is 11.7 Å². The predicted molar refractivity (Wildman–Crippen MR) is 132 cm³/mol. The third-order valence-corrected chi connectivity index (χ3v) is 6.62. The molecule has 0 radical (unpaired) electrons. The molecule has 176 valence electrons. The van der Waals surface area contributed by atoms with Crippen LogP contribution in [0.1, 0.15) is 27.3 Å². The van der Waals surface area contributed by atoms with Crippen molar-refractivity contribution in [1.82, 2.24) is 9.55 Å². The molecule has 5 N–H and O–H groups in total. The molecule has 0 spiro atoms. The monoisotopic (exact) mass is 499 g/mol. The zero-order chi connectivity index (χ0) is 23.8. The number of nitrogens with one attached hydrogen (secondary N) is 2. The maximum atomic E-state index is 12.7. The summed E-state index contributed by atoms with van der Waals surface area (Å²) in [7, 11) is -2.09. The Bertz CT molecular complexity index is 1500. The molecule has 0 atom stereocenters. The van der Waals surface area contributed by atoms with Gasteiger partial charge in [-0.1, -0.05) is 30.3 Å². The minimum absolute atomic E-state index is 0. The van der Waals surface area contributed by atoms with Crippen LogP contribution in [0.4, 0.5) is 5.69 Å². The molecule has 0 aliphatic heterocycles. The number of nitrogen functional groups attached to an aromatic ring is 1. The highest BCUT2D eigenvalue weighted by atomic mass is 35.5. The molecule has 34 heavy (non-hydrogen) atoms. The molecule has 0 saturated carbocycles. The van der Waals surface area contributed by atoms with E-state index in [1.54, 1.807) is 30.3 Å². The van der Waals surface area contributed by atoms with E-state index in [9.17, 15) is 13.2 Å². The van der Waals surface area contributed by atoms with Crippen molar-refractivity contribution in [3.8, 4) is 0 Å². The summed E-state index contributed by atoms with van der Waals surface area (Å²) in [4.78, 5) is 15.7. The van der Waals surface area contributed by atoms with Crippen LogP contribution < -0.4 is 10.5 Å². The van der Waals surface area contributed by atoms with E-state index in [0.29, 0.717) is 23.2 Å². The molecule has 1 aromatic heterocycles. The lowest BCUT2D eigenvalue weighted by atomic mass is 10.1. The van der Waals surface area contributed by atoms with E-state index in [1.165, 1.54) is 18.2 Å². The second-order valence-electron chi connectivity index (χ2n) is 7.52. The number of imidazole rings is 1. The van der Waals surface area contributed by atoms with Crippen molar-refractivity contribution in [3.63, 3.8) is 0 Å². The fraction of sp³-hybridized carbons (Fsp3) is 0.0870. The minimum atomic E-state index is -3.98. The number of nitrogens with two attached hydrogens (primary N) is 1. The summed E-state index contributed by atoms with van der Waals surface area (Å²) in [5.74, 6) is -0.408. The van der Waals surface area contributed by atoms with Crippen LogP contribution in [0.2, 0.25) is 0 Å². The maximum absolute atomic E-state index is 12.7. The van der Waals surface area contributed by atoms with Crippen molar-refractivity contribution < 1.29 is 18.3 Å². The summed E-state index contributed by atoms with van der Waals surface area (Å²) < 4.78 is 29.9. The Balaban J connectivity index is 0.00000324. The number of benzene rings is 3. The first-order valence-corrected chi connectivity index (χ1v) is 11.4. The first-order chi connectivity index (χ1) is 15.6. The van der Waals surface area contributed by atoms with Crippen molar-refractivity contribution in [1.29, 1.82) is 5.41 Å². The van der Waals surface area contributed by atoms with Crippen LogP contribution in [-0.4, -0.2) is 34.9 Å². The van der Waals surface area contributed by atoms with Gasteiger partial charge in [-0.15, -0.1) is 12.4 Å². The number of carboxylic acid groups (broad SMARTS) is 1. The summed E-state index contributed by atoms with van der Waals surface area (Å²) in [6.45, 7) is 0. The van der Waals surface area contributed by atoms with Crippen LogP contribution >= 0.6 is 12.4 Å². The molecule has 0 fully saturated rings. The Morgan fingerprint density at radius 2 is 1.79 bits per heavy atom. The molecule has 4 aromatic rings. The number of aromatic carboxylic acids is 1. The minimum Gasteiger partial charge on any atom is -0.478 e. The number of sulfonamides is 1. The van der Waals surface area contributed by atoms with Crippen LogP contribution in [0.5, 0.6) is 0 Å². The molecular formula is C23H22ClN5O4S. The zero-order valence-electron chi connectivity index (χ0n) is 18.0. The number of amidine groups is 1. The number of carboxylic acids is 1. The molecule has 0 saturated heterocycles. The van der Waals surface area contributed by atoms with Crippen LogP contribution in [0.3, 0.4) is 0 Å². The lowest BCUT2D eigenvalue weighted by Gasteiger charge is -2.09. The third kappa shape index (κ3) is 5.03. The SMILES string of the molecule is Cl.Cn1c(Cc2ccc(C(=N)N)cc2)nc2cc(NS(=O)(=O)c3cccc(C(=O)O)c3)ccc21. The number of aromatic nitrogens is 2. The molecule has 4 rings (SSSR count). The van der Waals surface area contributed by atoms with Crippen molar-refractivity contribution >= 4 is 51.0 Å². The number of aryl methyl sites for hydroxylation is 1. The number of rotatable bonds is 7. The van der Waals surface area contributed by atoms with E-state index < -0.39 is 16.0 Å². The number of carbonyl (C=O) groups is 1. The zero-order valence-corrected chi connectivity index (χ0v) is 19.7. The van der Waals surface area contributed by atoms with Crippen molar-refractivity contribution in [3.05, 3.63) is 89.2 Å². The van der Waals surface area contributed by atoms with Crippen molar-refractivity contribution in [2.45, 2.75) is 11.3 Å². The van der Waals surface area contributed by atoms with E-state index >= 15 is 0 Å². The van der Waals surface area contributed by atoms with Gasteiger partial charge in [0.2, 0.25) is 0 Å². The first kappa shape index (κ1) is 24.7. The molecule has 0 amide bonds. The lowest BCUT2D eigenvalue weighted by Crippen LogP contribution is -2.13. The summed E-state index contributed by atoms with van der Waals surface area (Å²) in [5.41, 5.74) is 8.80. The highest BCUT2D eigenvalue weighted by molar-refractivity contribution is 7.92. The van der Waals surface area contributed by atoms with Gasteiger partial charge in [-0.2, -0.15) is 0 Å². The third-order valence-electron chi connectivity index (χ3n) is 5.24. The number of nitrogens with zero attached hydrogens (tertiary/aromatic N) is 2. The molecule has 11 heteroatoms. The van der Waals surface area contributed by atoms with Gasteiger partial charge in [0.05, 0.1) is 27.2 Å². The molecular weight excluding hydrogens is 478 g/mol. The summed E-state index contributed by atoms with van der Waals surface area (Å²) in [6, 6.07) is 17.6. The normalized spacial score (nSPS) is 11.1. The number of halogens is 1. The molecule has 0 unspecified atom stereocenters. The van der Waals surface area contributed by atoms with Crippen molar-refractivity contribution in [2.75, 3.05) is 4.72 Å². The Hall–Kier alpha value is -3.89. The average Bonchev–Trinajstić information content (AvgIpc) is 3.08. The molecule has 1 heterocycles. The second kappa shape index (κ2) is 9.54. The van der Waals surface area contributed by atoms with E-state index in [2.05, 4.69) is 9.71 Å². The quantitative estimate of drug-likeness (QED) is 0.226. The standard InChI is InChI=1S/C23H21N5O4S.ClH/c1-28-20-10-9-17(27-33(31,32)18-4-2-3-16(12-18)23(29)30)13-19(20)26-21(28)11-14-5-7-15(8-6-14)22(24)25;/h2-10,12-13,27H,11H2,1H3,(H3,24,25)(H,29,30);1H. The topological polar surface area (TPSA) is 151 Å². The first-order valence-electron chi connectivity index (χ1n) is 9.89. The Kier molecular flexibility index (Phi) is 6.94. The number of hydrogen-bond acceptors (Lipinski definition) is 5. The van der Waals surface area contributed by atoms with E-state index in [-0.39, 0.29) is 28.7 Å². The van der Waals surface area contributed by atoms with Crippen LogP contribution in [0, 0.1) is 5.41 Å². The Morgan fingerprint density at radius 1 is 1.09 bits per heavy atom. The Labute approximate surface area is 202 Å². The fourth-order valence-electron chi connectivity index (χ4n) is 3.47. The van der Waals surface area contributed by atoms with Crippen molar-refractivity contribution in [2.24, 2.45) is 12.8 Å². The fourth-order valence-corrected chi connectivity index (χ4v) is 4.56. The smallest absolute Gasteiger partial charge is 0.335 e. The highest BCUT2D eigenvalue weighted by Crippen LogP contribution is 2.24. The summed E-state index contributed by atoms with van der Waals surface area (Å²) in [5, 5.41) is 16.6. The molecule has 0 aliphatic carbocycles. The molecule has 0 bridgehead atoms. The number of hydrogen-bond donors (Lipinski definition) is 4. The van der Waals surface area contributed by atoms with Crippen LogP contribution in [-0.2, 0) is 23.5 Å². The number of fused-ring (bicyclic) bond motifs is 1. The predicted octanol–water partition coefficient (Wildman–Crippen LogP) is 3.37. The van der Waals surface area contributed by atoms with Gasteiger partial charge in [-0.05, 0) is 42.0 Å². The number of anilines is 1. The highest BCUT2D eigenvalue weighted by Gasteiger charge is 2.17. The van der Waals surface area contributed by atoms with Gasteiger partial charge in [0, 0.05) is 19.0 Å². The van der Waals surface area contributed by atoms with Crippen LogP contribution in [0.25, 0.3) is 11.0 Å². The summed E-state index contributed by atoms with van der Waals surface area (Å²) >= 11 is 0. The average molecular weight is 500 g/mol. The van der Waals surface area contributed by atoms with Gasteiger partial charge in [0.15, 0.2) is 0 Å². The molecule has 9 nitrogen and oxygen atoms in total. The van der Waals surface area contributed by atoms with Gasteiger partial charge >= 0.3 is 5.97 Å². The van der Waals surface area contributed by atoms with Gasteiger partial charge < -0.3 is 15.4 Å². The van der Waals surface area contributed by atoms with Gasteiger partial charge in [-0.3, -0.25) is 10.1 Å². The molecule has 3 aromatic carbocycles. The summed E-state index contributed by atoms with van der Waals surface area (Å²) in [6.07, 6.45) is 0.548.